The van der Waals surface area contributed by atoms with Gasteiger partial charge in [-0.3, -0.25) is 19.2 Å². The average molecular weight is 318 g/mol. The van der Waals surface area contributed by atoms with Gasteiger partial charge in [0.25, 0.3) is 0 Å². The number of pyridine rings is 1. The molecule has 0 fully saturated rings. The van der Waals surface area contributed by atoms with Crippen molar-refractivity contribution in [2.24, 2.45) is 0 Å². The van der Waals surface area contributed by atoms with Gasteiger partial charge in [0.15, 0.2) is 11.3 Å². The molecule has 19 heavy (non-hydrogen) atoms. The second kappa shape index (κ2) is 4.43. The fourth-order valence-corrected chi connectivity index (χ4v) is 2.17. The third-order valence-electron chi connectivity index (χ3n) is 2.69. The summed E-state index contributed by atoms with van der Waals surface area (Å²) in [6, 6.07) is 1.70. The third kappa shape index (κ3) is 1.88. The molecule has 0 saturated heterocycles. The maximum Gasteiger partial charge on any atom is 0.217 e. The van der Waals surface area contributed by atoms with E-state index in [0.29, 0.717) is 15.7 Å². The first kappa shape index (κ1) is 11.8. The molecule has 0 aliphatic rings. The number of aromatic nitrogens is 4. The highest BCUT2D eigenvalue weighted by Crippen LogP contribution is 2.22. The van der Waals surface area contributed by atoms with Gasteiger partial charge in [-0.25, -0.2) is 4.98 Å². The number of rotatable bonds is 2. The third-order valence-corrected chi connectivity index (χ3v) is 3.39. The number of nitrogens with two attached hydrogens (primary N) is 1. The van der Waals surface area contributed by atoms with Gasteiger partial charge in [0.2, 0.25) is 5.78 Å². The van der Waals surface area contributed by atoms with Crippen molar-refractivity contribution in [3.05, 3.63) is 52.8 Å². The van der Waals surface area contributed by atoms with Crippen molar-refractivity contribution in [3.63, 3.8) is 0 Å². The zero-order valence-electron chi connectivity index (χ0n) is 9.62. The fraction of sp³-hybridized carbons (Fsp3) is 0. The number of carbonyl (C=O) groups is 1. The highest BCUT2D eigenvalue weighted by molar-refractivity contribution is 9.10. The van der Waals surface area contributed by atoms with Gasteiger partial charge in [-0.1, -0.05) is 0 Å². The largest absolute Gasteiger partial charge is 0.383 e. The van der Waals surface area contributed by atoms with E-state index in [2.05, 4.69) is 30.9 Å². The molecule has 3 aromatic rings. The van der Waals surface area contributed by atoms with Gasteiger partial charge in [-0.15, -0.1) is 0 Å². The van der Waals surface area contributed by atoms with Gasteiger partial charge in [-0.05, 0) is 22.0 Å². The molecule has 3 heterocycles. The predicted molar refractivity (Wildman–Crippen MR) is 72.8 cm³/mol. The second-order valence-electron chi connectivity index (χ2n) is 3.83. The molecule has 0 saturated carbocycles. The molecule has 0 bridgehead atoms. The molecule has 7 heteroatoms. The van der Waals surface area contributed by atoms with Crippen molar-refractivity contribution in [1.82, 2.24) is 19.4 Å². The summed E-state index contributed by atoms with van der Waals surface area (Å²) in [5.74, 6) is 0.0133. The van der Waals surface area contributed by atoms with E-state index < -0.39 is 0 Å². The lowest BCUT2D eigenvalue weighted by atomic mass is 10.1. The summed E-state index contributed by atoms with van der Waals surface area (Å²) < 4.78 is 2.27. The summed E-state index contributed by atoms with van der Waals surface area (Å²) in [4.78, 5) is 24.5. The van der Waals surface area contributed by atoms with Crippen molar-refractivity contribution < 1.29 is 4.79 Å². The Labute approximate surface area is 116 Å². The number of imidazole rings is 1. The van der Waals surface area contributed by atoms with Gasteiger partial charge in [0.05, 0.1) is 11.8 Å². The van der Waals surface area contributed by atoms with Crippen molar-refractivity contribution in [3.8, 4) is 0 Å². The second-order valence-corrected chi connectivity index (χ2v) is 4.69. The number of hydrogen-bond donors (Lipinski definition) is 1. The van der Waals surface area contributed by atoms with Crippen LogP contribution in [0.3, 0.4) is 0 Å². The standard InChI is InChI=1S/C12H8BrN5O/c13-8-1-2-15-5-7(8)11(19)10-12(14)18-4-3-16-6-9(18)17-10/h1-6H,14H2. The summed E-state index contributed by atoms with van der Waals surface area (Å²) in [5.41, 5.74) is 7.09. The minimum Gasteiger partial charge on any atom is -0.383 e. The number of ketones is 1. The van der Waals surface area contributed by atoms with E-state index >= 15 is 0 Å². The van der Waals surface area contributed by atoms with E-state index in [1.165, 1.54) is 6.20 Å². The SMILES string of the molecule is Nc1c(C(=O)c2cnccc2Br)nc2cnccn12. The summed E-state index contributed by atoms with van der Waals surface area (Å²) in [6.07, 6.45) is 7.86. The van der Waals surface area contributed by atoms with Crippen LogP contribution in [-0.2, 0) is 0 Å². The average Bonchev–Trinajstić information content (AvgIpc) is 2.77. The number of carbonyl (C=O) groups excluding carboxylic acids is 1. The molecular weight excluding hydrogens is 310 g/mol. The Hall–Kier alpha value is -2.28. The molecule has 0 radical (unpaired) electrons. The Bertz CT molecular complexity index is 783. The normalized spacial score (nSPS) is 10.8. The van der Waals surface area contributed by atoms with Crippen LogP contribution in [0, 0.1) is 0 Å². The van der Waals surface area contributed by atoms with E-state index in [1.807, 2.05) is 0 Å². The van der Waals surface area contributed by atoms with Crippen LogP contribution in [-0.4, -0.2) is 25.1 Å². The van der Waals surface area contributed by atoms with Gasteiger partial charge in [0, 0.05) is 29.3 Å². The maximum atomic E-state index is 12.4. The first-order valence-corrected chi connectivity index (χ1v) is 6.19. The minimum absolute atomic E-state index is 0.196. The quantitative estimate of drug-likeness (QED) is 0.727. The van der Waals surface area contributed by atoms with Crippen LogP contribution in [0.2, 0.25) is 0 Å². The van der Waals surface area contributed by atoms with E-state index in [9.17, 15) is 4.79 Å². The summed E-state index contributed by atoms with van der Waals surface area (Å²) >= 11 is 3.31. The predicted octanol–water partition coefficient (Wildman–Crippen LogP) is 1.70. The smallest absolute Gasteiger partial charge is 0.217 e. The van der Waals surface area contributed by atoms with E-state index in [-0.39, 0.29) is 17.3 Å². The zero-order valence-corrected chi connectivity index (χ0v) is 11.2. The number of nitrogen functional groups attached to an aromatic ring is 1. The van der Waals surface area contributed by atoms with Crippen LogP contribution in [0.25, 0.3) is 5.65 Å². The molecule has 94 valence electrons. The molecule has 2 N–H and O–H groups in total. The Morgan fingerprint density at radius 3 is 2.79 bits per heavy atom. The highest BCUT2D eigenvalue weighted by Gasteiger charge is 2.20. The van der Waals surface area contributed by atoms with Crippen molar-refractivity contribution in [1.29, 1.82) is 0 Å². The van der Waals surface area contributed by atoms with E-state index in [1.54, 1.807) is 35.3 Å². The van der Waals surface area contributed by atoms with Gasteiger partial charge in [-0.2, -0.15) is 0 Å². The number of fused-ring (bicyclic) bond motifs is 1. The number of hydrogen-bond acceptors (Lipinski definition) is 5. The first-order chi connectivity index (χ1) is 9.18. The maximum absolute atomic E-state index is 12.4. The molecule has 0 aliphatic carbocycles. The molecular formula is C12H8BrN5O. The van der Waals surface area contributed by atoms with E-state index in [4.69, 9.17) is 5.73 Å². The molecule has 0 aliphatic heterocycles. The van der Waals surface area contributed by atoms with Crippen LogP contribution in [0.1, 0.15) is 16.1 Å². The molecule has 3 aromatic heterocycles. The summed E-state index contributed by atoms with van der Waals surface area (Å²) in [6.45, 7) is 0. The lowest BCUT2D eigenvalue weighted by molar-refractivity contribution is 0.103. The van der Waals surface area contributed by atoms with Gasteiger partial charge in [0.1, 0.15) is 5.82 Å². The van der Waals surface area contributed by atoms with Crippen LogP contribution in [0.5, 0.6) is 0 Å². The van der Waals surface area contributed by atoms with Crippen molar-refractivity contribution in [2.75, 3.05) is 5.73 Å². The lowest BCUT2D eigenvalue weighted by Crippen LogP contribution is -2.07. The molecule has 0 amide bonds. The Morgan fingerprint density at radius 2 is 2.05 bits per heavy atom. The fourth-order valence-electron chi connectivity index (χ4n) is 1.77. The Balaban J connectivity index is 2.17. The van der Waals surface area contributed by atoms with Crippen LogP contribution >= 0.6 is 15.9 Å². The Kier molecular flexibility index (Phi) is 2.75. The van der Waals surface area contributed by atoms with E-state index in [0.717, 1.165) is 0 Å². The summed E-state index contributed by atoms with van der Waals surface area (Å²) in [5, 5.41) is 0. The van der Waals surface area contributed by atoms with Crippen LogP contribution in [0.15, 0.2) is 41.5 Å². The number of anilines is 1. The topological polar surface area (TPSA) is 86.2 Å². The number of halogens is 1. The molecule has 0 spiro atoms. The Morgan fingerprint density at radius 1 is 1.26 bits per heavy atom. The van der Waals surface area contributed by atoms with Crippen molar-refractivity contribution >= 4 is 33.2 Å². The first-order valence-electron chi connectivity index (χ1n) is 5.40. The summed E-state index contributed by atoms with van der Waals surface area (Å²) in [7, 11) is 0. The zero-order chi connectivity index (χ0) is 13.4. The molecule has 6 nitrogen and oxygen atoms in total. The van der Waals surface area contributed by atoms with Crippen molar-refractivity contribution in [2.45, 2.75) is 0 Å². The molecule has 0 aromatic carbocycles. The molecule has 0 atom stereocenters. The molecule has 3 rings (SSSR count). The van der Waals surface area contributed by atoms with Crippen LogP contribution in [0.4, 0.5) is 5.82 Å². The monoisotopic (exact) mass is 317 g/mol. The lowest BCUT2D eigenvalue weighted by Gasteiger charge is -2.01. The minimum atomic E-state index is -0.277. The van der Waals surface area contributed by atoms with Gasteiger partial charge >= 0.3 is 0 Å². The van der Waals surface area contributed by atoms with Gasteiger partial charge < -0.3 is 5.73 Å². The highest BCUT2D eigenvalue weighted by atomic mass is 79.9. The molecule has 0 unspecified atom stereocenters. The van der Waals surface area contributed by atoms with Crippen LogP contribution < -0.4 is 5.73 Å². The number of nitrogens with zero attached hydrogens (tertiary/aromatic N) is 4.